The van der Waals surface area contributed by atoms with Crippen LogP contribution in [-0.2, 0) is 20.8 Å². The minimum atomic E-state index is -0.785. The summed E-state index contributed by atoms with van der Waals surface area (Å²) in [6.45, 7) is 7.05. The van der Waals surface area contributed by atoms with Crippen molar-refractivity contribution >= 4 is 34.3 Å². The van der Waals surface area contributed by atoms with E-state index < -0.39 is 11.9 Å². The molecule has 7 heteroatoms. The van der Waals surface area contributed by atoms with Crippen LogP contribution in [0.2, 0.25) is 0 Å². The number of benzene rings is 2. The summed E-state index contributed by atoms with van der Waals surface area (Å²) in [5.74, 6) is -1.04. The summed E-state index contributed by atoms with van der Waals surface area (Å²) in [6, 6.07) is 11.0. The average Bonchev–Trinajstić information content (AvgIpc) is 3.11. The van der Waals surface area contributed by atoms with Gasteiger partial charge >= 0.3 is 0 Å². The van der Waals surface area contributed by atoms with E-state index in [2.05, 4.69) is 20.9 Å². The molecular formula is C24H28N4O3. The summed E-state index contributed by atoms with van der Waals surface area (Å²) in [6.07, 6.45) is 2.15. The molecule has 31 heavy (non-hydrogen) atoms. The number of carbonyl (C=O) groups excluding carboxylic acids is 3. The third kappa shape index (κ3) is 5.51. The van der Waals surface area contributed by atoms with Gasteiger partial charge in [-0.05, 0) is 43.5 Å². The number of aryl methyl sites for hydroxylation is 3. The molecule has 1 unspecified atom stereocenters. The highest BCUT2D eigenvalue weighted by molar-refractivity contribution is 5.97. The number of fused-ring (bicyclic) bond motifs is 1. The number of hydrogen-bond acceptors (Lipinski definition) is 3. The van der Waals surface area contributed by atoms with Gasteiger partial charge in [0.1, 0.15) is 6.04 Å². The Hall–Kier alpha value is -3.61. The normalized spacial score (nSPS) is 11.7. The van der Waals surface area contributed by atoms with Crippen molar-refractivity contribution in [1.82, 2.24) is 15.6 Å². The molecule has 0 aliphatic carbocycles. The van der Waals surface area contributed by atoms with E-state index >= 15 is 0 Å². The predicted molar refractivity (Wildman–Crippen MR) is 122 cm³/mol. The Morgan fingerprint density at radius 2 is 1.71 bits per heavy atom. The standard InChI is InChI=1S/C24H28N4O3/c1-14-9-15(2)23(16(3)10-14)28-22(30)13-26-24(31)21(27-17(4)29)11-18-12-25-20-8-6-5-7-19(18)20/h5-10,12,21,25H,11,13H2,1-4H3,(H,26,31)(H,27,29)(H,28,30). The topological polar surface area (TPSA) is 103 Å². The molecule has 0 fully saturated rings. The summed E-state index contributed by atoms with van der Waals surface area (Å²) in [4.78, 5) is 40.0. The van der Waals surface area contributed by atoms with Crippen molar-refractivity contribution < 1.29 is 14.4 Å². The number of para-hydroxylation sites is 1. The maximum Gasteiger partial charge on any atom is 0.243 e. The molecule has 0 spiro atoms. The molecule has 0 aliphatic rings. The predicted octanol–water partition coefficient (Wildman–Crippen LogP) is 2.90. The molecule has 0 saturated carbocycles. The highest BCUT2D eigenvalue weighted by Crippen LogP contribution is 2.22. The number of rotatable bonds is 7. The molecule has 7 nitrogen and oxygen atoms in total. The van der Waals surface area contributed by atoms with Crippen LogP contribution in [0.25, 0.3) is 10.9 Å². The second-order valence-corrected chi connectivity index (χ2v) is 7.86. The highest BCUT2D eigenvalue weighted by Gasteiger charge is 2.22. The first kappa shape index (κ1) is 22.1. The van der Waals surface area contributed by atoms with Gasteiger partial charge in [0.2, 0.25) is 17.7 Å². The lowest BCUT2D eigenvalue weighted by Crippen LogP contribution is -2.49. The van der Waals surface area contributed by atoms with E-state index in [0.717, 1.165) is 38.8 Å². The van der Waals surface area contributed by atoms with Crippen LogP contribution in [0.3, 0.4) is 0 Å². The summed E-state index contributed by atoms with van der Waals surface area (Å²) >= 11 is 0. The van der Waals surface area contributed by atoms with Crippen LogP contribution < -0.4 is 16.0 Å². The third-order valence-electron chi connectivity index (χ3n) is 5.16. The maximum atomic E-state index is 12.8. The smallest absolute Gasteiger partial charge is 0.243 e. The number of amides is 3. The van der Waals surface area contributed by atoms with E-state index in [1.165, 1.54) is 6.92 Å². The molecule has 3 amide bonds. The molecule has 0 aliphatic heterocycles. The van der Waals surface area contributed by atoms with Crippen LogP contribution in [0.15, 0.2) is 42.6 Å². The van der Waals surface area contributed by atoms with E-state index in [9.17, 15) is 14.4 Å². The van der Waals surface area contributed by atoms with Crippen LogP contribution in [0.4, 0.5) is 5.69 Å². The fourth-order valence-electron chi connectivity index (χ4n) is 3.83. The molecule has 1 aromatic heterocycles. The largest absolute Gasteiger partial charge is 0.361 e. The van der Waals surface area contributed by atoms with E-state index in [0.29, 0.717) is 6.42 Å². The zero-order valence-corrected chi connectivity index (χ0v) is 18.3. The minimum Gasteiger partial charge on any atom is -0.361 e. The fraction of sp³-hybridized carbons (Fsp3) is 0.292. The molecule has 0 radical (unpaired) electrons. The lowest BCUT2D eigenvalue weighted by Gasteiger charge is -2.18. The van der Waals surface area contributed by atoms with Crippen molar-refractivity contribution in [2.45, 2.75) is 40.2 Å². The number of hydrogen-bond donors (Lipinski definition) is 4. The molecule has 1 atom stereocenters. The number of carbonyl (C=O) groups is 3. The van der Waals surface area contributed by atoms with Crippen molar-refractivity contribution in [1.29, 1.82) is 0 Å². The summed E-state index contributed by atoms with van der Waals surface area (Å²) in [5.41, 5.74) is 5.68. The Kier molecular flexibility index (Phi) is 6.74. The van der Waals surface area contributed by atoms with Gasteiger partial charge in [-0.2, -0.15) is 0 Å². The zero-order valence-electron chi connectivity index (χ0n) is 18.3. The molecule has 162 valence electrons. The van der Waals surface area contributed by atoms with Gasteiger partial charge < -0.3 is 20.9 Å². The Morgan fingerprint density at radius 3 is 2.39 bits per heavy atom. The first-order chi connectivity index (χ1) is 14.7. The van der Waals surface area contributed by atoms with Crippen LogP contribution in [0.5, 0.6) is 0 Å². The Bertz CT molecular complexity index is 1110. The molecule has 3 aromatic rings. The van der Waals surface area contributed by atoms with Gasteiger partial charge in [0.15, 0.2) is 0 Å². The monoisotopic (exact) mass is 420 g/mol. The van der Waals surface area contributed by atoms with Gasteiger partial charge in [-0.3, -0.25) is 14.4 Å². The third-order valence-corrected chi connectivity index (χ3v) is 5.16. The molecule has 2 aromatic carbocycles. The Labute approximate surface area is 181 Å². The lowest BCUT2D eigenvalue weighted by atomic mass is 10.0. The van der Waals surface area contributed by atoms with Gasteiger partial charge in [-0.1, -0.05) is 35.9 Å². The first-order valence-electron chi connectivity index (χ1n) is 10.2. The van der Waals surface area contributed by atoms with Crippen molar-refractivity contribution in [2.24, 2.45) is 0 Å². The summed E-state index contributed by atoms with van der Waals surface area (Å²) in [7, 11) is 0. The number of aromatic amines is 1. The molecule has 1 heterocycles. The number of nitrogens with one attached hydrogen (secondary N) is 4. The second kappa shape index (κ2) is 9.47. The van der Waals surface area contributed by atoms with E-state index in [-0.39, 0.29) is 18.4 Å². The van der Waals surface area contributed by atoms with Crippen LogP contribution in [-0.4, -0.2) is 35.3 Å². The van der Waals surface area contributed by atoms with Gasteiger partial charge in [0.05, 0.1) is 6.54 Å². The maximum absolute atomic E-state index is 12.8. The van der Waals surface area contributed by atoms with Gasteiger partial charge in [-0.25, -0.2) is 0 Å². The van der Waals surface area contributed by atoms with Crippen molar-refractivity contribution in [2.75, 3.05) is 11.9 Å². The van der Waals surface area contributed by atoms with Gasteiger partial charge in [0.25, 0.3) is 0 Å². The molecule has 3 rings (SSSR count). The zero-order chi connectivity index (χ0) is 22.5. The second-order valence-electron chi connectivity index (χ2n) is 7.86. The first-order valence-corrected chi connectivity index (χ1v) is 10.2. The molecule has 0 bridgehead atoms. The van der Waals surface area contributed by atoms with Crippen molar-refractivity contribution in [3.8, 4) is 0 Å². The van der Waals surface area contributed by atoms with E-state index in [4.69, 9.17) is 0 Å². The van der Waals surface area contributed by atoms with Crippen LogP contribution in [0.1, 0.15) is 29.2 Å². The Morgan fingerprint density at radius 1 is 1.03 bits per heavy atom. The Balaban J connectivity index is 1.65. The number of aromatic nitrogens is 1. The molecule has 4 N–H and O–H groups in total. The SMILES string of the molecule is CC(=O)NC(Cc1c[nH]c2ccccc12)C(=O)NCC(=O)Nc1c(C)cc(C)cc1C. The molecule has 0 saturated heterocycles. The quantitative estimate of drug-likeness (QED) is 0.472. The summed E-state index contributed by atoms with van der Waals surface area (Å²) < 4.78 is 0. The fourth-order valence-corrected chi connectivity index (χ4v) is 3.83. The number of H-pyrrole nitrogens is 1. The van der Waals surface area contributed by atoms with Crippen LogP contribution >= 0.6 is 0 Å². The minimum absolute atomic E-state index is 0.185. The van der Waals surface area contributed by atoms with Gasteiger partial charge in [-0.15, -0.1) is 0 Å². The van der Waals surface area contributed by atoms with Crippen molar-refractivity contribution in [3.63, 3.8) is 0 Å². The summed E-state index contributed by atoms with van der Waals surface area (Å²) in [5, 5.41) is 9.19. The van der Waals surface area contributed by atoms with Gasteiger partial charge in [0, 0.05) is 36.1 Å². The highest BCUT2D eigenvalue weighted by atomic mass is 16.2. The van der Waals surface area contributed by atoms with E-state index in [1.807, 2.05) is 63.4 Å². The van der Waals surface area contributed by atoms with Crippen molar-refractivity contribution in [3.05, 3.63) is 64.8 Å². The average molecular weight is 421 g/mol. The van der Waals surface area contributed by atoms with Crippen LogP contribution in [0, 0.1) is 20.8 Å². The molecular weight excluding hydrogens is 392 g/mol. The number of anilines is 1. The lowest BCUT2D eigenvalue weighted by molar-refractivity contribution is -0.129. The van der Waals surface area contributed by atoms with E-state index in [1.54, 1.807) is 0 Å².